The van der Waals surface area contributed by atoms with Crippen molar-refractivity contribution in [1.82, 2.24) is 5.32 Å². The molecule has 0 aromatic heterocycles. The highest BCUT2D eigenvalue weighted by molar-refractivity contribution is 5.91. The Balaban J connectivity index is 1.67. The summed E-state index contributed by atoms with van der Waals surface area (Å²) in [6.07, 6.45) is 1.58. The normalized spacial score (nSPS) is 14.4. The monoisotopic (exact) mass is 540 g/mol. The van der Waals surface area contributed by atoms with Crippen LogP contribution in [-0.2, 0) is 24.2 Å². The van der Waals surface area contributed by atoms with Crippen LogP contribution in [0.15, 0.2) is 66.7 Å². The summed E-state index contributed by atoms with van der Waals surface area (Å²) in [5.41, 5.74) is 5.77. The molecule has 0 spiro atoms. The van der Waals surface area contributed by atoms with Gasteiger partial charge < -0.3 is 29.2 Å². The highest BCUT2D eigenvalue weighted by Crippen LogP contribution is 2.43. The number of nitrogens with one attached hydrogen (secondary N) is 1. The smallest absolute Gasteiger partial charge is 0.217 e. The Labute approximate surface area is 235 Å². The fourth-order valence-corrected chi connectivity index (χ4v) is 5.76. The topological polar surface area (TPSA) is 69.3 Å². The van der Waals surface area contributed by atoms with E-state index in [1.165, 1.54) is 11.1 Å². The van der Waals surface area contributed by atoms with E-state index in [1.807, 2.05) is 24.3 Å². The summed E-state index contributed by atoms with van der Waals surface area (Å²) in [7, 11) is 6.64. The average molecular weight is 541 g/mol. The Morgan fingerprint density at radius 1 is 0.850 bits per heavy atom. The second kappa shape index (κ2) is 11.8. The summed E-state index contributed by atoms with van der Waals surface area (Å²) in [6.45, 7) is 2.82. The number of hydrogen-bond acceptors (Lipinski definition) is 6. The van der Waals surface area contributed by atoms with Crippen LogP contribution in [-0.4, -0.2) is 40.9 Å². The second-order valence-corrected chi connectivity index (χ2v) is 9.95. The molecule has 4 aromatic rings. The van der Waals surface area contributed by atoms with Gasteiger partial charge in [0.2, 0.25) is 5.91 Å². The van der Waals surface area contributed by atoms with Crippen LogP contribution in [0.5, 0.6) is 23.0 Å². The molecule has 0 aliphatic carbocycles. The maximum absolute atomic E-state index is 12.0. The van der Waals surface area contributed by atoms with E-state index in [2.05, 4.69) is 52.7 Å². The third-order valence-electron chi connectivity index (χ3n) is 7.72. The van der Waals surface area contributed by atoms with Gasteiger partial charge >= 0.3 is 0 Å². The Bertz CT molecular complexity index is 1530. The van der Waals surface area contributed by atoms with Crippen molar-refractivity contribution in [3.05, 3.63) is 89.0 Å². The fourth-order valence-electron chi connectivity index (χ4n) is 5.76. The van der Waals surface area contributed by atoms with E-state index in [0.29, 0.717) is 23.8 Å². The minimum Gasteiger partial charge on any atom is -0.493 e. The number of hydrogen-bond donors (Lipinski definition) is 1. The number of ether oxygens (including phenoxy) is 4. The number of nitrogens with zero attached hydrogens (tertiary/aromatic N) is 1. The summed E-state index contributed by atoms with van der Waals surface area (Å²) in [5, 5.41) is 5.33. The lowest BCUT2D eigenvalue weighted by atomic mass is 9.87. The van der Waals surface area contributed by atoms with Crippen LogP contribution in [0.1, 0.15) is 35.2 Å². The van der Waals surface area contributed by atoms with Crippen molar-refractivity contribution >= 4 is 22.4 Å². The Kier molecular flexibility index (Phi) is 8.01. The first-order valence-corrected chi connectivity index (χ1v) is 13.4. The molecule has 0 radical (unpaired) electrons. The van der Waals surface area contributed by atoms with Crippen molar-refractivity contribution in [3.8, 4) is 23.0 Å². The number of carbonyl (C=O) groups is 1. The van der Waals surface area contributed by atoms with E-state index < -0.39 is 0 Å². The molecule has 4 aromatic carbocycles. The second-order valence-electron chi connectivity index (χ2n) is 9.95. The van der Waals surface area contributed by atoms with Gasteiger partial charge in [0.25, 0.3) is 0 Å². The van der Waals surface area contributed by atoms with Crippen LogP contribution in [0.3, 0.4) is 0 Å². The number of amides is 1. The summed E-state index contributed by atoms with van der Waals surface area (Å²) in [5.74, 6) is 2.79. The molecule has 208 valence electrons. The number of rotatable bonds is 9. The van der Waals surface area contributed by atoms with Gasteiger partial charge in [0, 0.05) is 31.3 Å². The van der Waals surface area contributed by atoms with Crippen LogP contribution in [0, 0.1) is 0 Å². The minimum absolute atomic E-state index is 0.00102. The van der Waals surface area contributed by atoms with Crippen LogP contribution in [0.25, 0.3) is 10.8 Å². The van der Waals surface area contributed by atoms with Gasteiger partial charge in [-0.25, -0.2) is 0 Å². The number of carbonyl (C=O) groups excluding carboxylic acids is 1. The molecule has 1 heterocycles. The summed E-state index contributed by atoms with van der Waals surface area (Å²) < 4.78 is 22.5. The quantitative estimate of drug-likeness (QED) is 0.287. The molecule has 0 saturated heterocycles. The first-order chi connectivity index (χ1) is 19.5. The number of benzene rings is 4. The Morgan fingerprint density at radius 3 is 2.27 bits per heavy atom. The van der Waals surface area contributed by atoms with E-state index in [0.717, 1.165) is 52.7 Å². The molecular formula is C33H36N2O5. The van der Waals surface area contributed by atoms with Gasteiger partial charge in [-0.3, -0.25) is 4.79 Å². The number of anilines is 1. The van der Waals surface area contributed by atoms with Gasteiger partial charge in [-0.2, -0.15) is 0 Å². The molecule has 7 nitrogen and oxygen atoms in total. The van der Waals surface area contributed by atoms with E-state index in [4.69, 9.17) is 18.9 Å². The predicted molar refractivity (Wildman–Crippen MR) is 158 cm³/mol. The third kappa shape index (κ3) is 5.24. The largest absolute Gasteiger partial charge is 0.493 e. The molecule has 1 unspecified atom stereocenters. The lowest BCUT2D eigenvalue weighted by Gasteiger charge is -2.41. The van der Waals surface area contributed by atoms with E-state index in [9.17, 15) is 4.79 Å². The van der Waals surface area contributed by atoms with Gasteiger partial charge in [0.15, 0.2) is 23.0 Å². The molecule has 40 heavy (non-hydrogen) atoms. The van der Waals surface area contributed by atoms with Gasteiger partial charge in [-0.1, -0.05) is 36.4 Å². The van der Waals surface area contributed by atoms with Gasteiger partial charge in [0.05, 0.1) is 34.5 Å². The summed E-state index contributed by atoms with van der Waals surface area (Å²) >= 11 is 0. The van der Waals surface area contributed by atoms with Crippen molar-refractivity contribution in [1.29, 1.82) is 0 Å². The van der Waals surface area contributed by atoms with Crippen LogP contribution in [0.2, 0.25) is 0 Å². The lowest BCUT2D eigenvalue weighted by molar-refractivity contribution is -0.119. The first-order valence-electron chi connectivity index (χ1n) is 13.4. The molecule has 0 saturated carbocycles. The average Bonchev–Trinajstić information content (AvgIpc) is 2.99. The zero-order chi connectivity index (χ0) is 28.2. The molecule has 5 rings (SSSR count). The molecule has 1 aliphatic heterocycles. The lowest BCUT2D eigenvalue weighted by Crippen LogP contribution is -2.38. The van der Waals surface area contributed by atoms with E-state index in [1.54, 1.807) is 35.4 Å². The minimum atomic E-state index is -0.0541. The van der Waals surface area contributed by atoms with E-state index >= 15 is 0 Å². The first kappa shape index (κ1) is 27.2. The highest BCUT2D eigenvalue weighted by atomic mass is 16.5. The predicted octanol–water partition coefficient (Wildman–Crippen LogP) is 5.86. The highest BCUT2D eigenvalue weighted by Gasteiger charge is 2.31. The van der Waals surface area contributed by atoms with Gasteiger partial charge in [-0.15, -0.1) is 0 Å². The number of methoxy groups -OCH3 is 4. The molecular weight excluding hydrogens is 504 g/mol. The van der Waals surface area contributed by atoms with Crippen molar-refractivity contribution in [2.24, 2.45) is 0 Å². The van der Waals surface area contributed by atoms with Crippen LogP contribution >= 0.6 is 0 Å². The van der Waals surface area contributed by atoms with Gasteiger partial charge in [0.1, 0.15) is 0 Å². The SMILES string of the molecule is COc1ccc(CC2c3cc(OC)c(OC)cc3CCN2c2ccc3ccccc3c2CNC(C)=O)cc1OC. The molecule has 1 aliphatic rings. The Hall–Kier alpha value is -4.39. The molecule has 1 N–H and O–H groups in total. The van der Waals surface area contributed by atoms with Crippen molar-refractivity contribution in [2.75, 3.05) is 39.9 Å². The zero-order valence-corrected chi connectivity index (χ0v) is 23.7. The van der Waals surface area contributed by atoms with Gasteiger partial charge in [-0.05, 0) is 70.6 Å². The summed E-state index contributed by atoms with van der Waals surface area (Å²) in [6, 6.07) is 23.0. The maximum atomic E-state index is 12.0. The molecule has 7 heteroatoms. The van der Waals surface area contributed by atoms with Crippen molar-refractivity contribution in [3.63, 3.8) is 0 Å². The molecule has 0 bridgehead atoms. The van der Waals surface area contributed by atoms with Crippen molar-refractivity contribution < 1.29 is 23.7 Å². The molecule has 1 amide bonds. The Morgan fingerprint density at radius 2 is 1.55 bits per heavy atom. The third-order valence-corrected chi connectivity index (χ3v) is 7.72. The summed E-state index contributed by atoms with van der Waals surface area (Å²) in [4.78, 5) is 14.4. The molecule has 0 fully saturated rings. The van der Waals surface area contributed by atoms with Crippen LogP contribution in [0.4, 0.5) is 5.69 Å². The number of fused-ring (bicyclic) bond motifs is 2. The van der Waals surface area contributed by atoms with Crippen molar-refractivity contribution in [2.45, 2.75) is 32.4 Å². The zero-order valence-electron chi connectivity index (χ0n) is 23.7. The maximum Gasteiger partial charge on any atom is 0.217 e. The fraction of sp³-hybridized carbons (Fsp3) is 0.303. The van der Waals surface area contributed by atoms with E-state index in [-0.39, 0.29) is 11.9 Å². The van der Waals surface area contributed by atoms with Crippen LogP contribution < -0.4 is 29.2 Å². The molecule has 1 atom stereocenters. The standard InChI is InChI=1S/C33H36N2O5/c1-21(36)34-20-27-25-9-7-6-8-23(25)11-12-28(27)35-15-14-24-18-32(39-4)33(40-5)19-26(24)29(35)16-22-10-13-30(37-2)31(17-22)38-3/h6-13,17-19,29H,14-16,20H2,1-5H3,(H,34,36).